The maximum absolute atomic E-state index is 14.6. The van der Waals surface area contributed by atoms with E-state index in [1.165, 1.54) is 43.1 Å². The Morgan fingerprint density at radius 1 is 1.24 bits per heavy atom. The number of halogens is 2. The Hall–Kier alpha value is -3.51. The summed E-state index contributed by atoms with van der Waals surface area (Å²) in [6.07, 6.45) is 5.75. The number of ether oxygens (including phenoxy) is 2. The van der Waals surface area contributed by atoms with Gasteiger partial charge in [-0.15, -0.1) is 4.91 Å². The molecule has 3 aromatic heterocycles. The molecule has 1 aliphatic rings. The van der Waals surface area contributed by atoms with Crippen LogP contribution < -0.4 is 4.74 Å². The molecule has 1 aromatic carbocycles. The third kappa shape index (κ3) is 5.81. The van der Waals surface area contributed by atoms with Gasteiger partial charge < -0.3 is 9.47 Å². The minimum atomic E-state index is -0.791. The molecule has 1 fully saturated rings. The normalized spacial score (nSPS) is 14.0. The maximum atomic E-state index is 14.6. The van der Waals surface area contributed by atoms with Gasteiger partial charge in [0, 0.05) is 55.1 Å². The van der Waals surface area contributed by atoms with Crippen molar-refractivity contribution in [1.29, 1.82) is 0 Å². The number of nitroso groups, excluding NO2 is 1. The molecule has 3 heterocycles. The van der Waals surface area contributed by atoms with E-state index in [0.717, 1.165) is 23.5 Å². The number of nitrogens with zero attached hydrogens (tertiary/aromatic N) is 7. The van der Waals surface area contributed by atoms with Gasteiger partial charge in [0.15, 0.2) is 5.75 Å². The van der Waals surface area contributed by atoms with Crippen LogP contribution in [0.1, 0.15) is 41.5 Å². The van der Waals surface area contributed by atoms with Crippen molar-refractivity contribution >= 4 is 21.7 Å². The van der Waals surface area contributed by atoms with Crippen molar-refractivity contribution in [2.75, 3.05) is 13.7 Å². The molecule has 12 heteroatoms. The molecule has 0 amide bonds. The van der Waals surface area contributed by atoms with Crippen molar-refractivity contribution in [3.05, 3.63) is 74.4 Å². The monoisotopic (exact) mass is 583 g/mol. The molecule has 5 rings (SSSR count). The third-order valence-electron chi connectivity index (χ3n) is 6.42. The molecule has 1 atom stereocenters. The second-order valence-corrected chi connectivity index (χ2v) is 10.3. The fraction of sp³-hybridized carbons (Fsp3) is 0.385. The highest BCUT2D eigenvalue weighted by atomic mass is 79.9. The van der Waals surface area contributed by atoms with E-state index in [-0.39, 0.29) is 18.2 Å². The van der Waals surface area contributed by atoms with Gasteiger partial charge in [-0.1, -0.05) is 0 Å². The summed E-state index contributed by atoms with van der Waals surface area (Å²) in [6.45, 7) is 2.99. The lowest BCUT2D eigenvalue weighted by Crippen LogP contribution is -2.16. The molecular formula is C26H27BrFN7O3. The van der Waals surface area contributed by atoms with Crippen LogP contribution in [0.5, 0.6) is 5.75 Å². The van der Waals surface area contributed by atoms with E-state index in [9.17, 15) is 9.30 Å². The molecule has 38 heavy (non-hydrogen) atoms. The van der Waals surface area contributed by atoms with Crippen molar-refractivity contribution in [1.82, 2.24) is 29.8 Å². The Labute approximate surface area is 227 Å². The Morgan fingerprint density at radius 2 is 2.05 bits per heavy atom. The van der Waals surface area contributed by atoms with Gasteiger partial charge in [0.25, 0.3) is 0 Å². The highest BCUT2D eigenvalue weighted by molar-refractivity contribution is 9.10. The predicted molar refractivity (Wildman–Crippen MR) is 142 cm³/mol. The minimum absolute atomic E-state index is 0.0733. The number of hydrogen-bond acceptors (Lipinski definition) is 8. The van der Waals surface area contributed by atoms with Crippen LogP contribution in [-0.4, -0.2) is 43.5 Å². The summed E-state index contributed by atoms with van der Waals surface area (Å²) in [5.74, 6) is 0.289. The lowest BCUT2D eigenvalue weighted by atomic mass is 9.97. The molecule has 0 bridgehead atoms. The Balaban J connectivity index is 1.52. The first kappa shape index (κ1) is 26.1. The number of rotatable bonds is 11. The highest BCUT2D eigenvalue weighted by Crippen LogP contribution is 2.37. The lowest BCUT2D eigenvalue weighted by Gasteiger charge is -2.22. The van der Waals surface area contributed by atoms with Crippen LogP contribution in [0, 0.1) is 23.6 Å². The van der Waals surface area contributed by atoms with E-state index in [0.29, 0.717) is 33.6 Å². The number of hydrogen-bond donors (Lipinski definition) is 0. The summed E-state index contributed by atoms with van der Waals surface area (Å²) in [5, 5.41) is 16.9. The van der Waals surface area contributed by atoms with Crippen LogP contribution in [0.15, 0.2) is 46.3 Å². The first-order valence-electron chi connectivity index (χ1n) is 12.2. The van der Waals surface area contributed by atoms with Gasteiger partial charge in [0.2, 0.25) is 5.82 Å². The molecular weight excluding hydrogens is 557 g/mol. The van der Waals surface area contributed by atoms with Crippen LogP contribution in [0.25, 0.3) is 11.3 Å². The van der Waals surface area contributed by atoms with Crippen LogP contribution in [-0.2, 0) is 24.8 Å². The van der Waals surface area contributed by atoms with Gasteiger partial charge in [0.1, 0.15) is 17.6 Å². The fourth-order valence-corrected chi connectivity index (χ4v) is 4.73. The van der Waals surface area contributed by atoms with E-state index >= 15 is 0 Å². The molecule has 0 N–H and O–H groups in total. The van der Waals surface area contributed by atoms with Gasteiger partial charge in [0.05, 0.1) is 18.0 Å². The Bertz CT molecular complexity index is 1470. The number of methoxy groups -OCH3 is 1. The molecule has 1 aliphatic carbocycles. The first-order chi connectivity index (χ1) is 18.3. The average molecular weight is 584 g/mol. The summed E-state index contributed by atoms with van der Waals surface area (Å²) >= 11 is 3.34. The topological polar surface area (TPSA) is 109 Å². The molecule has 0 radical (unpaired) electrons. The second-order valence-electron chi connectivity index (χ2n) is 9.43. The fourth-order valence-electron chi connectivity index (χ4n) is 4.42. The number of pyridine rings is 1. The molecule has 10 nitrogen and oxygen atoms in total. The van der Waals surface area contributed by atoms with Crippen LogP contribution in [0.2, 0.25) is 0 Å². The quantitative estimate of drug-likeness (QED) is 0.216. The van der Waals surface area contributed by atoms with E-state index in [1.54, 1.807) is 19.2 Å². The van der Waals surface area contributed by atoms with E-state index in [2.05, 4.69) is 47.6 Å². The van der Waals surface area contributed by atoms with E-state index in [1.807, 2.05) is 11.6 Å². The summed E-state index contributed by atoms with van der Waals surface area (Å²) in [5.41, 5.74) is 4.46. The van der Waals surface area contributed by atoms with Crippen molar-refractivity contribution in [3.8, 4) is 17.0 Å². The van der Waals surface area contributed by atoms with Crippen molar-refractivity contribution in [2.24, 2.45) is 18.1 Å². The van der Waals surface area contributed by atoms with Crippen molar-refractivity contribution in [2.45, 2.75) is 38.8 Å². The van der Waals surface area contributed by atoms with Gasteiger partial charge in [-0.2, -0.15) is 20.1 Å². The van der Waals surface area contributed by atoms with Crippen molar-refractivity contribution in [3.63, 3.8) is 0 Å². The molecule has 0 saturated heterocycles. The zero-order valence-corrected chi connectivity index (χ0v) is 22.9. The van der Waals surface area contributed by atoms with Gasteiger partial charge in [-0.05, 0) is 76.6 Å². The molecule has 198 valence electrons. The number of benzene rings is 1. The van der Waals surface area contributed by atoms with Gasteiger partial charge >= 0.3 is 0 Å². The van der Waals surface area contributed by atoms with Crippen LogP contribution in [0.3, 0.4) is 0 Å². The summed E-state index contributed by atoms with van der Waals surface area (Å²) in [6, 6.07) is 6.00. The van der Waals surface area contributed by atoms with E-state index < -0.39 is 11.9 Å². The number of aryl methyl sites for hydroxylation is 2. The molecule has 1 unspecified atom stereocenters. The Kier molecular flexibility index (Phi) is 7.61. The summed E-state index contributed by atoms with van der Waals surface area (Å²) < 4.78 is 28.8. The Morgan fingerprint density at radius 3 is 2.79 bits per heavy atom. The van der Waals surface area contributed by atoms with Crippen LogP contribution in [0.4, 0.5) is 10.2 Å². The van der Waals surface area contributed by atoms with E-state index in [4.69, 9.17) is 9.47 Å². The third-order valence-corrected chi connectivity index (χ3v) is 6.85. The zero-order valence-electron chi connectivity index (χ0n) is 21.3. The SMILES string of the molecule is COCC(Oc1cc(Br)cnc1N=O)c1cc(F)ccc1-c1nn(C)nc1Cc1cn(CC2CC2)nc1C. The van der Waals surface area contributed by atoms with Crippen molar-refractivity contribution < 1.29 is 13.9 Å². The lowest BCUT2D eigenvalue weighted by molar-refractivity contribution is 0.0812. The van der Waals surface area contributed by atoms with Gasteiger partial charge in [-0.25, -0.2) is 9.37 Å². The standard InChI is InChI=1S/C26H27BrFN7O3/c1-15-17(13-35(30-15)12-16-4-5-16)8-22-25(32-34(2)31-22)20-7-6-19(28)10-21(20)24(14-37-3)38-23-9-18(27)11-29-26(23)33-36/h6-7,9-11,13,16,24H,4-5,8,12,14H2,1-3H3. The van der Waals surface area contributed by atoms with Gasteiger partial charge in [-0.3, -0.25) is 4.68 Å². The first-order valence-corrected chi connectivity index (χ1v) is 13.0. The zero-order chi connectivity index (χ0) is 26.8. The predicted octanol–water partition coefficient (Wildman–Crippen LogP) is 5.45. The molecule has 1 saturated carbocycles. The average Bonchev–Trinajstić information content (AvgIpc) is 3.53. The number of aromatic nitrogens is 6. The summed E-state index contributed by atoms with van der Waals surface area (Å²) in [4.78, 5) is 16.8. The van der Waals surface area contributed by atoms with Crippen LogP contribution >= 0.6 is 15.9 Å². The molecule has 0 aliphatic heterocycles. The smallest absolute Gasteiger partial charge is 0.239 e. The molecule has 4 aromatic rings. The molecule has 0 spiro atoms. The summed E-state index contributed by atoms with van der Waals surface area (Å²) in [7, 11) is 3.26. The second kappa shape index (κ2) is 11.1. The largest absolute Gasteiger partial charge is 0.479 e. The minimum Gasteiger partial charge on any atom is -0.479 e. The highest BCUT2D eigenvalue weighted by Gasteiger charge is 2.26. The maximum Gasteiger partial charge on any atom is 0.239 e.